The van der Waals surface area contributed by atoms with Crippen LogP contribution in [0.3, 0.4) is 0 Å². The van der Waals surface area contributed by atoms with E-state index in [1.165, 1.54) is 16.3 Å². The highest BCUT2D eigenvalue weighted by Gasteiger charge is 2.17. The van der Waals surface area contributed by atoms with Crippen LogP contribution >= 0.6 is 0 Å². The minimum atomic E-state index is -0.432. The lowest BCUT2D eigenvalue weighted by molar-refractivity contribution is 0.708. The van der Waals surface area contributed by atoms with Gasteiger partial charge in [0, 0.05) is 14.1 Å². The lowest BCUT2D eigenvalue weighted by Crippen LogP contribution is -2.36. The lowest BCUT2D eigenvalue weighted by Gasteiger charge is -2.00. The maximum Gasteiger partial charge on any atom is 0.332 e. The number of fused-ring (bicyclic) bond motifs is 1. The van der Waals surface area contributed by atoms with Gasteiger partial charge in [0.15, 0.2) is 11.2 Å². The zero-order chi connectivity index (χ0) is 15.5. The molecule has 110 valence electrons. The smallest absolute Gasteiger partial charge is 0.332 e. The van der Waals surface area contributed by atoms with Crippen molar-refractivity contribution in [2.24, 2.45) is 14.1 Å². The fourth-order valence-electron chi connectivity index (χ4n) is 2.28. The Bertz CT molecular complexity index is 986. The number of aromatic nitrogens is 6. The van der Waals surface area contributed by atoms with Crippen molar-refractivity contribution >= 4 is 16.9 Å². The topological polar surface area (TPSA) is 117 Å². The van der Waals surface area contributed by atoms with Crippen LogP contribution in [0.2, 0.25) is 0 Å². The van der Waals surface area contributed by atoms with E-state index in [-0.39, 0.29) is 11.2 Å². The summed E-state index contributed by atoms with van der Waals surface area (Å²) in [6.07, 6.45) is 0. The summed E-state index contributed by atoms with van der Waals surface area (Å²) in [5.74, 6) is 0.348. The number of nitrogens with zero attached hydrogens (tertiary/aromatic N) is 5. The van der Waals surface area contributed by atoms with E-state index in [0.717, 1.165) is 4.57 Å². The number of aromatic amines is 1. The summed E-state index contributed by atoms with van der Waals surface area (Å²) in [5.41, 5.74) is 7.53. The van der Waals surface area contributed by atoms with E-state index in [9.17, 15) is 9.59 Å². The fourth-order valence-corrected chi connectivity index (χ4v) is 2.28. The molecule has 0 unspecified atom stereocenters. The van der Waals surface area contributed by atoms with Gasteiger partial charge in [-0.3, -0.25) is 13.9 Å². The Kier molecular flexibility index (Phi) is 2.55. The monoisotopic (exact) mass is 289 g/mol. The Morgan fingerprint density at radius 2 is 1.81 bits per heavy atom. The minimum Gasteiger partial charge on any atom is -0.396 e. The maximum atomic E-state index is 12.1. The molecular formula is C12H15N7O2. The Morgan fingerprint density at radius 3 is 2.38 bits per heavy atom. The number of rotatable bonds is 1. The number of nitrogens with two attached hydrogens (primary N) is 1. The molecule has 0 atom stereocenters. The third-order valence-corrected chi connectivity index (χ3v) is 3.63. The molecule has 9 nitrogen and oxygen atoms in total. The average Bonchev–Trinajstić information content (AvgIpc) is 3.00. The highest BCUT2D eigenvalue weighted by atomic mass is 16.2. The largest absolute Gasteiger partial charge is 0.396 e. The molecular weight excluding hydrogens is 274 g/mol. The number of anilines is 1. The van der Waals surface area contributed by atoms with Crippen LogP contribution in [-0.4, -0.2) is 28.9 Å². The highest BCUT2D eigenvalue weighted by Crippen LogP contribution is 2.18. The van der Waals surface area contributed by atoms with Crippen molar-refractivity contribution in [3.63, 3.8) is 0 Å². The van der Waals surface area contributed by atoms with Gasteiger partial charge in [-0.25, -0.2) is 9.48 Å². The van der Waals surface area contributed by atoms with E-state index in [2.05, 4.69) is 15.1 Å². The van der Waals surface area contributed by atoms with Crippen molar-refractivity contribution in [3.05, 3.63) is 32.2 Å². The molecule has 21 heavy (non-hydrogen) atoms. The Hall–Kier alpha value is -2.84. The number of nitrogen functional groups attached to an aromatic ring is 1. The Balaban J connectivity index is 2.39. The van der Waals surface area contributed by atoms with Gasteiger partial charge in [0.2, 0.25) is 5.95 Å². The van der Waals surface area contributed by atoms with Crippen molar-refractivity contribution in [2.75, 3.05) is 5.73 Å². The Labute approximate surface area is 118 Å². The van der Waals surface area contributed by atoms with Gasteiger partial charge in [-0.1, -0.05) is 0 Å². The molecule has 3 N–H and O–H groups in total. The third-order valence-electron chi connectivity index (χ3n) is 3.63. The fraction of sp³-hybridized carbons (Fsp3) is 0.333. The zero-order valence-electron chi connectivity index (χ0n) is 12.1. The van der Waals surface area contributed by atoms with E-state index >= 15 is 0 Å². The normalized spacial score (nSPS) is 11.4. The summed E-state index contributed by atoms with van der Waals surface area (Å²) in [4.78, 5) is 31.2. The second kappa shape index (κ2) is 4.08. The first-order chi connectivity index (χ1) is 9.82. The van der Waals surface area contributed by atoms with Crippen LogP contribution in [-0.2, 0) is 14.1 Å². The Morgan fingerprint density at radius 1 is 1.14 bits per heavy atom. The molecule has 0 aliphatic heterocycles. The van der Waals surface area contributed by atoms with E-state index in [1.807, 2.05) is 0 Å². The quantitative estimate of drug-likeness (QED) is 0.617. The summed E-state index contributed by atoms with van der Waals surface area (Å²) >= 11 is 0. The summed E-state index contributed by atoms with van der Waals surface area (Å²) in [6.45, 7) is 3.59. The van der Waals surface area contributed by atoms with Gasteiger partial charge in [-0.05, 0) is 13.8 Å². The molecule has 0 bridgehead atoms. The van der Waals surface area contributed by atoms with Gasteiger partial charge >= 0.3 is 5.69 Å². The lowest BCUT2D eigenvalue weighted by atomic mass is 10.3. The molecule has 3 aromatic rings. The molecule has 0 saturated heterocycles. The summed E-state index contributed by atoms with van der Waals surface area (Å²) in [5, 5.41) is 4.28. The predicted molar refractivity (Wildman–Crippen MR) is 77.6 cm³/mol. The molecule has 0 aliphatic rings. The van der Waals surface area contributed by atoms with Crippen LogP contribution in [0.5, 0.6) is 0 Å². The number of H-pyrrole nitrogens is 1. The van der Waals surface area contributed by atoms with Crippen LogP contribution in [0.25, 0.3) is 17.1 Å². The molecule has 3 aromatic heterocycles. The molecule has 0 radical (unpaired) electrons. The third kappa shape index (κ3) is 1.63. The molecule has 3 rings (SSSR count). The van der Waals surface area contributed by atoms with Gasteiger partial charge in [0.25, 0.3) is 5.56 Å². The second-order valence-electron chi connectivity index (χ2n) is 4.96. The average molecular weight is 289 g/mol. The van der Waals surface area contributed by atoms with Crippen molar-refractivity contribution in [1.29, 1.82) is 0 Å². The predicted octanol–water partition coefficient (Wildman–Crippen LogP) is -0.655. The minimum absolute atomic E-state index is 0.251. The van der Waals surface area contributed by atoms with Crippen molar-refractivity contribution in [1.82, 2.24) is 28.9 Å². The van der Waals surface area contributed by atoms with Crippen molar-refractivity contribution < 1.29 is 0 Å². The van der Waals surface area contributed by atoms with Crippen molar-refractivity contribution in [3.8, 4) is 5.95 Å². The van der Waals surface area contributed by atoms with Gasteiger partial charge in [0.05, 0.1) is 17.1 Å². The molecule has 0 aliphatic carbocycles. The van der Waals surface area contributed by atoms with E-state index in [0.29, 0.717) is 23.0 Å². The highest BCUT2D eigenvalue weighted by molar-refractivity contribution is 5.71. The summed E-state index contributed by atoms with van der Waals surface area (Å²) in [7, 11) is 2.98. The SMILES string of the molecule is Cc1nn(-c2nc3c([nH]2)c(=O)n(C)c(=O)n3C)c(C)c1N. The number of hydrogen-bond acceptors (Lipinski definition) is 5. The van der Waals surface area contributed by atoms with Crippen LogP contribution in [0, 0.1) is 13.8 Å². The molecule has 0 spiro atoms. The molecule has 0 fully saturated rings. The van der Waals surface area contributed by atoms with Gasteiger partial charge < -0.3 is 10.7 Å². The van der Waals surface area contributed by atoms with Crippen molar-refractivity contribution in [2.45, 2.75) is 13.8 Å². The van der Waals surface area contributed by atoms with E-state index in [1.54, 1.807) is 20.9 Å². The maximum absolute atomic E-state index is 12.1. The first-order valence-electron chi connectivity index (χ1n) is 6.30. The number of aryl methyl sites for hydroxylation is 2. The van der Waals surface area contributed by atoms with Crippen LogP contribution in [0.15, 0.2) is 9.59 Å². The van der Waals surface area contributed by atoms with Crippen LogP contribution in [0.1, 0.15) is 11.4 Å². The first-order valence-corrected chi connectivity index (χ1v) is 6.30. The van der Waals surface area contributed by atoms with Crippen LogP contribution in [0.4, 0.5) is 5.69 Å². The first kappa shape index (κ1) is 13.2. The number of nitrogens with one attached hydrogen (secondary N) is 1. The van der Waals surface area contributed by atoms with Gasteiger partial charge in [0.1, 0.15) is 0 Å². The molecule has 3 heterocycles. The van der Waals surface area contributed by atoms with Crippen LogP contribution < -0.4 is 17.0 Å². The van der Waals surface area contributed by atoms with Gasteiger partial charge in [-0.2, -0.15) is 10.1 Å². The molecule has 0 aromatic carbocycles. The van der Waals surface area contributed by atoms with Gasteiger partial charge in [-0.15, -0.1) is 0 Å². The number of imidazole rings is 1. The van der Waals surface area contributed by atoms with E-state index < -0.39 is 11.2 Å². The summed E-state index contributed by atoms with van der Waals surface area (Å²) < 4.78 is 3.86. The number of hydrogen-bond donors (Lipinski definition) is 2. The summed E-state index contributed by atoms with van der Waals surface area (Å²) in [6, 6.07) is 0. The molecule has 9 heteroatoms. The molecule has 0 saturated carbocycles. The van der Waals surface area contributed by atoms with E-state index in [4.69, 9.17) is 5.73 Å². The molecule has 0 amide bonds. The standard InChI is InChI=1S/C12H15N7O2/c1-5-7(13)6(2)19(16-5)11-14-8-9(15-11)17(3)12(21)18(4)10(8)20/h13H2,1-4H3,(H,14,15). The zero-order valence-corrected chi connectivity index (χ0v) is 12.1. The second-order valence-corrected chi connectivity index (χ2v) is 4.96.